The minimum absolute atomic E-state index is 0.00389. The molecule has 0 fully saturated rings. The van der Waals surface area contributed by atoms with E-state index in [0.29, 0.717) is 6.54 Å². The summed E-state index contributed by atoms with van der Waals surface area (Å²) in [6, 6.07) is 0. The molecule has 1 N–H and O–H groups in total. The molecule has 0 aliphatic heterocycles. The molecule has 4 nitrogen and oxygen atoms in total. The second-order valence-corrected chi connectivity index (χ2v) is 2.11. The zero-order valence-electron chi connectivity index (χ0n) is 5.82. The van der Waals surface area contributed by atoms with E-state index in [1.807, 2.05) is 0 Å². The number of hydrogen-bond acceptors (Lipinski definition) is 2. The number of rotatable bonds is 2. The third-order valence-electron chi connectivity index (χ3n) is 1.36. The van der Waals surface area contributed by atoms with Gasteiger partial charge in [-0.05, 0) is 0 Å². The summed E-state index contributed by atoms with van der Waals surface area (Å²) in [6.45, 7) is 0.379. The number of aliphatic hydroxyl groups is 1. The zero-order chi connectivity index (χ0) is 7.56. The molecule has 0 unspecified atom stereocenters. The number of aliphatic hydroxyl groups excluding tert-OH is 1. The highest BCUT2D eigenvalue weighted by molar-refractivity contribution is 4.79. The van der Waals surface area contributed by atoms with Gasteiger partial charge < -0.3 is 9.67 Å². The Balaban J connectivity index is 2.95. The molecule has 0 amide bonds. The Bertz CT molecular complexity index is 261. The van der Waals surface area contributed by atoms with Crippen LogP contribution in [0.4, 0.5) is 0 Å². The van der Waals surface area contributed by atoms with Gasteiger partial charge in [-0.1, -0.05) is 0 Å². The van der Waals surface area contributed by atoms with Gasteiger partial charge in [0.1, 0.15) is 0 Å². The molecule has 1 aromatic rings. The molecular formula is C6H10N2O2. The van der Waals surface area contributed by atoms with E-state index in [1.165, 1.54) is 9.13 Å². The minimum atomic E-state index is -0.0888. The lowest BCUT2D eigenvalue weighted by molar-refractivity contribution is 0.274. The molecule has 0 saturated carbocycles. The standard InChI is InChI=1S/C6H10N2O2/c1-7-2-3-8(4-5-9)6(7)10/h2-3,9H,4-5H2,1H3. The lowest BCUT2D eigenvalue weighted by Crippen LogP contribution is -2.22. The molecule has 0 aliphatic rings. The molecule has 0 radical (unpaired) electrons. The minimum Gasteiger partial charge on any atom is -0.395 e. The molecule has 0 spiro atoms. The fourth-order valence-electron chi connectivity index (χ4n) is 0.789. The van der Waals surface area contributed by atoms with Crippen LogP contribution in [0.3, 0.4) is 0 Å². The molecule has 0 bridgehead atoms. The lowest BCUT2D eigenvalue weighted by Gasteiger charge is -1.93. The third kappa shape index (κ3) is 1.11. The summed E-state index contributed by atoms with van der Waals surface area (Å²) in [5, 5.41) is 8.48. The van der Waals surface area contributed by atoms with E-state index in [2.05, 4.69) is 0 Å². The third-order valence-corrected chi connectivity index (χ3v) is 1.36. The van der Waals surface area contributed by atoms with E-state index in [9.17, 15) is 4.79 Å². The summed E-state index contributed by atoms with van der Waals surface area (Å²) in [6.07, 6.45) is 3.32. The molecule has 4 heteroatoms. The van der Waals surface area contributed by atoms with Crippen molar-refractivity contribution in [3.8, 4) is 0 Å². The molecule has 0 atom stereocenters. The first-order valence-corrected chi connectivity index (χ1v) is 3.08. The van der Waals surface area contributed by atoms with E-state index in [4.69, 9.17) is 5.11 Å². The molecule has 10 heavy (non-hydrogen) atoms. The van der Waals surface area contributed by atoms with Crippen molar-refractivity contribution in [1.82, 2.24) is 9.13 Å². The van der Waals surface area contributed by atoms with Crippen LogP contribution in [0, 0.1) is 0 Å². The van der Waals surface area contributed by atoms with Gasteiger partial charge in [0.25, 0.3) is 0 Å². The molecule has 1 rings (SSSR count). The molecule has 0 aromatic carbocycles. The van der Waals surface area contributed by atoms with Gasteiger partial charge in [-0.2, -0.15) is 0 Å². The maximum absolute atomic E-state index is 11.0. The van der Waals surface area contributed by atoms with E-state index in [-0.39, 0.29) is 12.3 Å². The predicted molar refractivity (Wildman–Crippen MR) is 36.8 cm³/mol. The summed E-state index contributed by atoms with van der Waals surface area (Å²) in [7, 11) is 1.68. The Morgan fingerprint density at radius 3 is 2.70 bits per heavy atom. The maximum atomic E-state index is 11.0. The van der Waals surface area contributed by atoms with Crippen LogP contribution in [0.2, 0.25) is 0 Å². The Hall–Kier alpha value is -1.03. The highest BCUT2D eigenvalue weighted by atomic mass is 16.3. The first kappa shape index (κ1) is 7.08. The smallest absolute Gasteiger partial charge is 0.327 e. The average Bonchev–Trinajstić information content (AvgIpc) is 2.20. The van der Waals surface area contributed by atoms with Gasteiger partial charge in [-0.3, -0.25) is 4.57 Å². The fourth-order valence-corrected chi connectivity index (χ4v) is 0.789. The van der Waals surface area contributed by atoms with Gasteiger partial charge in [0.05, 0.1) is 13.2 Å². The van der Waals surface area contributed by atoms with Gasteiger partial charge in [0, 0.05) is 19.4 Å². The van der Waals surface area contributed by atoms with Crippen molar-refractivity contribution in [3.63, 3.8) is 0 Å². The second-order valence-electron chi connectivity index (χ2n) is 2.11. The van der Waals surface area contributed by atoms with Gasteiger partial charge in [0.2, 0.25) is 0 Å². The quantitative estimate of drug-likeness (QED) is 0.586. The normalized spacial score (nSPS) is 10.2. The largest absolute Gasteiger partial charge is 0.395 e. The summed E-state index contributed by atoms with van der Waals surface area (Å²) >= 11 is 0. The van der Waals surface area contributed by atoms with Crippen LogP contribution in [0.1, 0.15) is 0 Å². The van der Waals surface area contributed by atoms with Crippen molar-refractivity contribution >= 4 is 0 Å². The van der Waals surface area contributed by atoms with Crippen LogP contribution in [0.25, 0.3) is 0 Å². The number of nitrogens with zero attached hydrogens (tertiary/aromatic N) is 2. The molecular weight excluding hydrogens is 132 g/mol. The van der Waals surface area contributed by atoms with Crippen molar-refractivity contribution in [2.75, 3.05) is 6.61 Å². The summed E-state index contributed by atoms with van der Waals surface area (Å²) in [4.78, 5) is 11.0. The number of aryl methyl sites for hydroxylation is 1. The highest BCUT2D eigenvalue weighted by Crippen LogP contribution is 1.79. The maximum Gasteiger partial charge on any atom is 0.327 e. The van der Waals surface area contributed by atoms with Crippen LogP contribution < -0.4 is 5.69 Å². The van der Waals surface area contributed by atoms with Crippen molar-refractivity contribution in [2.45, 2.75) is 6.54 Å². The van der Waals surface area contributed by atoms with Crippen molar-refractivity contribution < 1.29 is 5.11 Å². The Morgan fingerprint density at radius 2 is 2.30 bits per heavy atom. The van der Waals surface area contributed by atoms with Crippen molar-refractivity contribution in [3.05, 3.63) is 22.9 Å². The molecule has 0 saturated heterocycles. The Kier molecular flexibility index (Phi) is 1.91. The summed E-state index contributed by atoms with van der Waals surface area (Å²) in [5.41, 5.74) is -0.0888. The van der Waals surface area contributed by atoms with Gasteiger partial charge in [0.15, 0.2) is 0 Å². The van der Waals surface area contributed by atoms with Gasteiger partial charge >= 0.3 is 5.69 Å². The molecule has 56 valence electrons. The summed E-state index contributed by atoms with van der Waals surface area (Å²) < 4.78 is 2.93. The van der Waals surface area contributed by atoms with E-state index in [1.54, 1.807) is 19.4 Å². The SMILES string of the molecule is Cn1ccn(CCO)c1=O. The Labute approximate surface area is 58.3 Å². The summed E-state index contributed by atoms with van der Waals surface area (Å²) in [5.74, 6) is 0. The number of aromatic nitrogens is 2. The second kappa shape index (κ2) is 2.70. The van der Waals surface area contributed by atoms with Gasteiger partial charge in [-0.15, -0.1) is 0 Å². The van der Waals surface area contributed by atoms with Crippen LogP contribution in [0.15, 0.2) is 17.2 Å². The first-order chi connectivity index (χ1) is 4.75. The van der Waals surface area contributed by atoms with Crippen molar-refractivity contribution in [1.29, 1.82) is 0 Å². The van der Waals surface area contributed by atoms with Crippen LogP contribution in [-0.2, 0) is 13.6 Å². The van der Waals surface area contributed by atoms with Crippen LogP contribution in [0.5, 0.6) is 0 Å². The predicted octanol–water partition coefficient (Wildman–Crippen LogP) is -0.821. The number of imidazole rings is 1. The topological polar surface area (TPSA) is 47.2 Å². The van der Waals surface area contributed by atoms with E-state index in [0.717, 1.165) is 0 Å². The number of hydrogen-bond donors (Lipinski definition) is 1. The lowest BCUT2D eigenvalue weighted by atomic mass is 10.7. The fraction of sp³-hybridized carbons (Fsp3) is 0.500. The Morgan fingerprint density at radius 1 is 1.60 bits per heavy atom. The molecule has 1 aromatic heterocycles. The van der Waals surface area contributed by atoms with Crippen LogP contribution in [-0.4, -0.2) is 20.8 Å². The van der Waals surface area contributed by atoms with Gasteiger partial charge in [-0.25, -0.2) is 4.79 Å². The zero-order valence-corrected chi connectivity index (χ0v) is 5.82. The average molecular weight is 142 g/mol. The van der Waals surface area contributed by atoms with Crippen LogP contribution >= 0.6 is 0 Å². The molecule has 1 heterocycles. The van der Waals surface area contributed by atoms with E-state index >= 15 is 0 Å². The molecule has 0 aliphatic carbocycles. The first-order valence-electron chi connectivity index (χ1n) is 3.08. The van der Waals surface area contributed by atoms with Crippen molar-refractivity contribution in [2.24, 2.45) is 7.05 Å². The monoisotopic (exact) mass is 142 g/mol. The van der Waals surface area contributed by atoms with E-state index < -0.39 is 0 Å². The highest BCUT2D eigenvalue weighted by Gasteiger charge is 1.95.